The Balaban J connectivity index is 2.89. The van der Waals surface area contributed by atoms with Crippen molar-refractivity contribution in [3.63, 3.8) is 0 Å². The van der Waals surface area contributed by atoms with Crippen LogP contribution in [0.3, 0.4) is 0 Å². The van der Waals surface area contributed by atoms with Crippen molar-refractivity contribution in [2.75, 3.05) is 0 Å². The highest BCUT2D eigenvalue weighted by Gasteiger charge is 2.30. The molecule has 1 fully saturated rings. The maximum atomic E-state index is 11.4. The van der Waals surface area contributed by atoms with E-state index in [1.54, 1.807) is 31.2 Å². The quantitative estimate of drug-likeness (QED) is 0.503. The number of imide groups is 1. The van der Waals surface area contributed by atoms with E-state index in [0.29, 0.717) is 18.5 Å². The van der Waals surface area contributed by atoms with E-state index in [1.165, 1.54) is 4.90 Å². The molecule has 1 aliphatic rings. The van der Waals surface area contributed by atoms with Crippen LogP contribution in [0.15, 0.2) is 36.6 Å². The second kappa shape index (κ2) is 4.56. The summed E-state index contributed by atoms with van der Waals surface area (Å²) < 4.78 is 0. The molecule has 0 atom stereocenters. The number of hydrogen-bond donors (Lipinski definition) is 0. The van der Waals surface area contributed by atoms with Crippen molar-refractivity contribution in [2.24, 2.45) is 0 Å². The highest BCUT2D eigenvalue weighted by Crippen LogP contribution is 2.18. The van der Waals surface area contributed by atoms with Gasteiger partial charge >= 0.3 is 0 Å². The fourth-order valence-corrected chi connectivity index (χ4v) is 1.33. The van der Waals surface area contributed by atoms with Gasteiger partial charge in [0.05, 0.1) is 0 Å². The Kier molecular flexibility index (Phi) is 3.40. The average Bonchev–Trinajstić information content (AvgIpc) is 2.50. The molecule has 0 aromatic carbocycles. The van der Waals surface area contributed by atoms with Crippen molar-refractivity contribution in [2.45, 2.75) is 19.8 Å². The van der Waals surface area contributed by atoms with Gasteiger partial charge in [-0.1, -0.05) is 24.8 Å². The molecule has 3 heteroatoms. The van der Waals surface area contributed by atoms with Gasteiger partial charge in [-0.05, 0) is 13.0 Å². The molecule has 0 radical (unpaired) electrons. The Labute approximate surface area is 83.4 Å². The van der Waals surface area contributed by atoms with Gasteiger partial charge in [0.15, 0.2) is 0 Å². The van der Waals surface area contributed by atoms with Crippen molar-refractivity contribution in [3.05, 3.63) is 36.6 Å². The van der Waals surface area contributed by atoms with Gasteiger partial charge in [0.1, 0.15) is 0 Å². The number of hydrogen-bond acceptors (Lipinski definition) is 2. The lowest BCUT2D eigenvalue weighted by molar-refractivity contribution is -0.135. The third-order valence-electron chi connectivity index (χ3n) is 2.01. The first-order valence-corrected chi connectivity index (χ1v) is 4.52. The molecule has 2 amide bonds. The number of carbonyl (C=O) groups is 2. The second-order valence-electron chi connectivity index (χ2n) is 2.93. The van der Waals surface area contributed by atoms with Crippen molar-refractivity contribution >= 4 is 11.8 Å². The maximum absolute atomic E-state index is 11.4. The highest BCUT2D eigenvalue weighted by atomic mass is 16.2. The first-order valence-electron chi connectivity index (χ1n) is 4.52. The van der Waals surface area contributed by atoms with Crippen molar-refractivity contribution in [1.82, 2.24) is 4.90 Å². The molecule has 0 bridgehead atoms. The summed E-state index contributed by atoms with van der Waals surface area (Å²) in [6, 6.07) is 0. The maximum Gasteiger partial charge on any atom is 0.234 e. The fraction of sp³-hybridized carbons (Fsp3) is 0.273. The van der Waals surface area contributed by atoms with Crippen molar-refractivity contribution in [1.29, 1.82) is 0 Å². The van der Waals surface area contributed by atoms with Crippen LogP contribution in [-0.2, 0) is 9.59 Å². The van der Waals surface area contributed by atoms with Crippen LogP contribution >= 0.6 is 0 Å². The molecule has 74 valence electrons. The molecule has 1 saturated heterocycles. The summed E-state index contributed by atoms with van der Waals surface area (Å²) in [4.78, 5) is 23.9. The van der Waals surface area contributed by atoms with Crippen molar-refractivity contribution < 1.29 is 9.59 Å². The van der Waals surface area contributed by atoms with Gasteiger partial charge in [0, 0.05) is 18.5 Å². The third-order valence-corrected chi connectivity index (χ3v) is 2.01. The number of allylic oxidation sites excluding steroid dienone is 4. The molecule has 0 N–H and O–H groups in total. The molecule has 1 aliphatic heterocycles. The number of nitrogens with zero attached hydrogens (tertiary/aromatic N) is 1. The lowest BCUT2D eigenvalue weighted by Gasteiger charge is -2.14. The molecular formula is C11H13NO2. The molecule has 1 heterocycles. The van der Waals surface area contributed by atoms with E-state index in [0.717, 1.165) is 0 Å². The first-order chi connectivity index (χ1) is 6.70. The van der Waals surface area contributed by atoms with Crippen LogP contribution in [0.25, 0.3) is 0 Å². The normalized spacial score (nSPS) is 18.4. The van der Waals surface area contributed by atoms with Gasteiger partial charge in [-0.2, -0.15) is 0 Å². The Morgan fingerprint density at radius 1 is 1.36 bits per heavy atom. The molecule has 3 nitrogen and oxygen atoms in total. The molecule has 0 aromatic rings. The predicted octanol–water partition coefficient (Wildman–Crippen LogP) is 1.78. The van der Waals surface area contributed by atoms with E-state index in [9.17, 15) is 9.59 Å². The molecule has 0 unspecified atom stereocenters. The van der Waals surface area contributed by atoms with Crippen LogP contribution < -0.4 is 0 Å². The summed E-state index contributed by atoms with van der Waals surface area (Å²) >= 11 is 0. The zero-order chi connectivity index (χ0) is 10.6. The lowest BCUT2D eigenvalue weighted by Crippen LogP contribution is -2.27. The van der Waals surface area contributed by atoms with Crippen LogP contribution in [0.1, 0.15) is 19.8 Å². The first kappa shape index (κ1) is 10.4. The van der Waals surface area contributed by atoms with E-state index in [2.05, 4.69) is 6.58 Å². The second-order valence-corrected chi connectivity index (χ2v) is 2.93. The summed E-state index contributed by atoms with van der Waals surface area (Å²) in [7, 11) is 0. The summed E-state index contributed by atoms with van der Waals surface area (Å²) in [5.41, 5.74) is 0.623. The number of rotatable bonds is 3. The number of carbonyl (C=O) groups excluding carboxylic acids is 2. The molecular weight excluding hydrogens is 178 g/mol. The SMILES string of the molecule is C=C/C=C\C(=C/C)N1C(=O)CCC1=O. The van der Waals surface area contributed by atoms with Crippen LogP contribution in [0.5, 0.6) is 0 Å². The highest BCUT2D eigenvalue weighted by molar-refractivity contribution is 6.04. The monoisotopic (exact) mass is 191 g/mol. The Morgan fingerprint density at radius 2 is 1.93 bits per heavy atom. The molecule has 1 rings (SSSR count). The predicted molar refractivity (Wildman–Crippen MR) is 54.2 cm³/mol. The minimum atomic E-state index is -0.128. The van der Waals surface area contributed by atoms with Gasteiger partial charge in [-0.25, -0.2) is 0 Å². The number of likely N-dealkylation sites (tertiary alicyclic amines) is 1. The Hall–Kier alpha value is -1.64. The van der Waals surface area contributed by atoms with E-state index in [4.69, 9.17) is 0 Å². The van der Waals surface area contributed by atoms with E-state index >= 15 is 0 Å². The minimum absolute atomic E-state index is 0.128. The third kappa shape index (κ3) is 1.99. The summed E-state index contributed by atoms with van der Waals surface area (Å²) in [6.07, 6.45) is 7.38. The summed E-state index contributed by atoms with van der Waals surface area (Å²) in [5, 5.41) is 0. The standard InChI is InChI=1S/C11H13NO2/c1-3-5-6-9(4-2)12-10(13)7-8-11(12)14/h3-6H,1,7-8H2,2H3/b6-5-,9-4+. The van der Waals surface area contributed by atoms with Crippen LogP contribution in [0.4, 0.5) is 0 Å². The summed E-state index contributed by atoms with van der Waals surface area (Å²) in [6.45, 7) is 5.32. The van der Waals surface area contributed by atoms with Gasteiger partial charge in [0.25, 0.3) is 0 Å². The van der Waals surface area contributed by atoms with Gasteiger partial charge in [-0.3, -0.25) is 14.5 Å². The number of amides is 2. The average molecular weight is 191 g/mol. The van der Waals surface area contributed by atoms with Gasteiger partial charge < -0.3 is 0 Å². The zero-order valence-corrected chi connectivity index (χ0v) is 8.19. The van der Waals surface area contributed by atoms with E-state index in [1.807, 2.05) is 0 Å². The van der Waals surface area contributed by atoms with Gasteiger partial charge in [-0.15, -0.1) is 0 Å². The van der Waals surface area contributed by atoms with Crippen LogP contribution in [-0.4, -0.2) is 16.7 Å². The molecule has 14 heavy (non-hydrogen) atoms. The van der Waals surface area contributed by atoms with Gasteiger partial charge in [0.2, 0.25) is 11.8 Å². The Morgan fingerprint density at radius 3 is 2.36 bits per heavy atom. The molecule has 0 saturated carbocycles. The molecule has 0 aliphatic carbocycles. The topological polar surface area (TPSA) is 37.4 Å². The molecule has 0 aromatic heterocycles. The fourth-order valence-electron chi connectivity index (χ4n) is 1.33. The smallest absolute Gasteiger partial charge is 0.234 e. The summed E-state index contributed by atoms with van der Waals surface area (Å²) in [5.74, 6) is -0.256. The van der Waals surface area contributed by atoms with Crippen LogP contribution in [0, 0.1) is 0 Å². The lowest BCUT2D eigenvalue weighted by atomic mass is 10.3. The Bertz CT molecular complexity index is 310. The largest absolute Gasteiger partial charge is 0.274 e. The minimum Gasteiger partial charge on any atom is -0.274 e. The van der Waals surface area contributed by atoms with E-state index < -0.39 is 0 Å². The van der Waals surface area contributed by atoms with Crippen LogP contribution in [0.2, 0.25) is 0 Å². The van der Waals surface area contributed by atoms with E-state index in [-0.39, 0.29) is 11.8 Å². The molecule has 0 spiro atoms. The zero-order valence-electron chi connectivity index (χ0n) is 8.19. The van der Waals surface area contributed by atoms with Crippen molar-refractivity contribution in [3.8, 4) is 0 Å².